The number of sulfonamides is 1. The van der Waals surface area contributed by atoms with Crippen molar-refractivity contribution in [3.8, 4) is 0 Å². The minimum atomic E-state index is -3.84. The summed E-state index contributed by atoms with van der Waals surface area (Å²) < 4.78 is 30.4. The van der Waals surface area contributed by atoms with Gasteiger partial charge in [-0.2, -0.15) is 10.1 Å². The number of benzene rings is 2. The van der Waals surface area contributed by atoms with Crippen LogP contribution in [0.5, 0.6) is 0 Å². The molecular weight excluding hydrogens is 458 g/mol. The van der Waals surface area contributed by atoms with Crippen molar-refractivity contribution in [2.75, 3.05) is 10.8 Å². The van der Waals surface area contributed by atoms with Crippen LogP contribution in [0.3, 0.4) is 0 Å². The Morgan fingerprint density at radius 3 is 2.79 bits per heavy atom. The zero-order valence-corrected chi connectivity index (χ0v) is 19.1. The van der Waals surface area contributed by atoms with E-state index in [0.29, 0.717) is 22.8 Å². The molecule has 168 valence electrons. The summed E-state index contributed by atoms with van der Waals surface area (Å²) in [5.74, 6) is 0.767. The highest BCUT2D eigenvalue weighted by Gasteiger charge is 2.40. The van der Waals surface area contributed by atoms with E-state index >= 15 is 0 Å². The molecule has 0 spiro atoms. The Labute approximate surface area is 194 Å². The maximum absolute atomic E-state index is 14.0. The first-order chi connectivity index (χ1) is 15.9. The van der Waals surface area contributed by atoms with E-state index in [2.05, 4.69) is 15.2 Å². The summed E-state index contributed by atoms with van der Waals surface area (Å²) >= 11 is 1.42. The summed E-state index contributed by atoms with van der Waals surface area (Å²) in [4.78, 5) is 6.50. The van der Waals surface area contributed by atoms with Gasteiger partial charge in [-0.3, -0.25) is 9.40 Å². The third kappa shape index (κ3) is 3.04. The number of nitrogens with one attached hydrogen (secondary N) is 1. The molecule has 0 radical (unpaired) electrons. The second kappa shape index (κ2) is 7.30. The molecule has 0 fully saturated rings. The van der Waals surface area contributed by atoms with Crippen LogP contribution in [0.1, 0.15) is 17.3 Å². The number of fused-ring (bicyclic) bond motifs is 3. The Bertz CT molecular complexity index is 1510. The van der Waals surface area contributed by atoms with E-state index in [1.165, 1.54) is 15.6 Å². The third-order valence-electron chi connectivity index (χ3n) is 6.26. The molecule has 0 saturated heterocycles. The molecule has 4 aromatic rings. The number of aromatic nitrogens is 2. The molecule has 0 bridgehead atoms. The Kier molecular flexibility index (Phi) is 4.47. The molecule has 0 saturated carbocycles. The number of thiophene rings is 1. The van der Waals surface area contributed by atoms with Crippen LogP contribution in [0, 0.1) is 0 Å². The van der Waals surface area contributed by atoms with Crippen molar-refractivity contribution in [3.05, 3.63) is 71.2 Å². The summed E-state index contributed by atoms with van der Waals surface area (Å²) in [6, 6.07) is 14.8. The minimum Gasteiger partial charge on any atom is -0.369 e. The van der Waals surface area contributed by atoms with Crippen LogP contribution in [0.2, 0.25) is 0 Å². The van der Waals surface area contributed by atoms with Crippen molar-refractivity contribution in [2.45, 2.75) is 23.5 Å². The highest BCUT2D eigenvalue weighted by atomic mass is 32.2. The van der Waals surface area contributed by atoms with Gasteiger partial charge in [0.1, 0.15) is 11.1 Å². The molecule has 0 amide bonds. The number of hydrogen-bond acceptors (Lipinski definition) is 8. The van der Waals surface area contributed by atoms with Gasteiger partial charge in [0.2, 0.25) is 0 Å². The van der Waals surface area contributed by atoms with Crippen LogP contribution < -0.4 is 15.8 Å². The van der Waals surface area contributed by atoms with Gasteiger partial charge in [-0.15, -0.1) is 11.3 Å². The summed E-state index contributed by atoms with van der Waals surface area (Å²) in [7, 11) is -3.84. The fraction of sp³-hybridized carbons (Fsp3) is 0.182. The van der Waals surface area contributed by atoms with E-state index in [4.69, 9.17) is 11.5 Å². The molecule has 2 aromatic carbocycles. The monoisotopic (exact) mass is 479 g/mol. The van der Waals surface area contributed by atoms with Gasteiger partial charge in [0, 0.05) is 15.5 Å². The van der Waals surface area contributed by atoms with Crippen LogP contribution >= 0.6 is 11.3 Å². The van der Waals surface area contributed by atoms with Gasteiger partial charge < -0.3 is 16.4 Å². The average molecular weight is 480 g/mol. The summed E-state index contributed by atoms with van der Waals surface area (Å²) in [6.45, 7) is 0.195. The molecule has 6 rings (SSSR count). The zero-order valence-electron chi connectivity index (χ0n) is 17.4. The van der Waals surface area contributed by atoms with E-state index in [1.54, 1.807) is 16.5 Å². The number of nitrogens with two attached hydrogens (primary N) is 2. The third-order valence-corrected chi connectivity index (χ3v) is 9.19. The minimum absolute atomic E-state index is 0.195. The van der Waals surface area contributed by atoms with Crippen LogP contribution in [0.4, 0.5) is 11.5 Å². The Morgan fingerprint density at radius 2 is 1.91 bits per heavy atom. The van der Waals surface area contributed by atoms with Crippen LogP contribution in [-0.2, 0) is 16.4 Å². The van der Waals surface area contributed by atoms with Crippen LogP contribution in [0.15, 0.2) is 70.0 Å². The summed E-state index contributed by atoms with van der Waals surface area (Å²) in [6.07, 6.45) is 1.63. The fourth-order valence-electron chi connectivity index (χ4n) is 4.69. The number of aliphatic imine (C=N–C) groups is 1. The lowest BCUT2D eigenvalue weighted by Crippen LogP contribution is -2.57. The molecule has 5 N–H and O–H groups in total. The number of para-hydroxylation sites is 1. The van der Waals surface area contributed by atoms with Crippen molar-refractivity contribution in [3.63, 3.8) is 0 Å². The van der Waals surface area contributed by atoms with E-state index in [1.807, 2.05) is 48.5 Å². The van der Waals surface area contributed by atoms with Gasteiger partial charge in [0.05, 0.1) is 30.0 Å². The lowest BCUT2D eigenvalue weighted by atomic mass is 9.97. The van der Waals surface area contributed by atoms with E-state index in [9.17, 15) is 8.42 Å². The molecule has 4 heterocycles. The first-order valence-electron chi connectivity index (χ1n) is 10.4. The van der Waals surface area contributed by atoms with Crippen LogP contribution in [0.25, 0.3) is 10.1 Å². The van der Waals surface area contributed by atoms with Gasteiger partial charge >= 0.3 is 0 Å². The molecule has 2 aromatic heterocycles. The van der Waals surface area contributed by atoms with E-state index in [-0.39, 0.29) is 18.5 Å². The van der Waals surface area contributed by atoms with Crippen molar-refractivity contribution in [1.29, 1.82) is 0 Å². The van der Waals surface area contributed by atoms with Crippen molar-refractivity contribution in [1.82, 2.24) is 15.1 Å². The SMILES string of the molecule is NC1=Nc2[nH]ncc2C(N)N1C1Cc2ccccc2N(S(=O)(=O)c2csc3ccccc23)C1. The molecule has 2 unspecified atom stereocenters. The van der Waals surface area contributed by atoms with Crippen molar-refractivity contribution in [2.24, 2.45) is 16.5 Å². The van der Waals surface area contributed by atoms with Gasteiger partial charge in [-0.25, -0.2) is 8.42 Å². The molecule has 9 nitrogen and oxygen atoms in total. The Hall–Kier alpha value is -3.41. The number of hydrogen-bond donors (Lipinski definition) is 3. The van der Waals surface area contributed by atoms with Crippen molar-refractivity contribution >= 4 is 48.9 Å². The predicted molar refractivity (Wildman–Crippen MR) is 129 cm³/mol. The number of aromatic amines is 1. The van der Waals surface area contributed by atoms with Gasteiger partial charge in [0.15, 0.2) is 11.8 Å². The smallest absolute Gasteiger partial charge is 0.265 e. The van der Waals surface area contributed by atoms with Crippen LogP contribution in [-0.4, -0.2) is 42.1 Å². The first-order valence-corrected chi connectivity index (χ1v) is 12.8. The van der Waals surface area contributed by atoms with Gasteiger partial charge in [0.25, 0.3) is 10.0 Å². The van der Waals surface area contributed by atoms with Gasteiger partial charge in [-0.1, -0.05) is 36.4 Å². The second-order valence-corrected chi connectivity index (χ2v) is 10.9. The summed E-state index contributed by atoms with van der Waals surface area (Å²) in [5.41, 5.74) is 15.1. The highest BCUT2D eigenvalue weighted by Crippen LogP contribution is 2.39. The fourth-order valence-corrected chi connectivity index (χ4v) is 7.71. The maximum Gasteiger partial charge on any atom is 0.265 e. The lowest BCUT2D eigenvalue weighted by molar-refractivity contribution is 0.233. The largest absolute Gasteiger partial charge is 0.369 e. The number of anilines is 1. The molecule has 11 heteroatoms. The quantitative estimate of drug-likeness (QED) is 0.414. The Balaban J connectivity index is 1.45. The number of guanidine groups is 1. The molecule has 2 atom stereocenters. The second-order valence-electron chi connectivity index (χ2n) is 8.11. The number of nitrogens with zero attached hydrogens (tertiary/aromatic N) is 4. The standard InChI is InChI=1S/C22H21N7O2S2/c23-20-16-10-25-27-21(16)26-22(24)29(20)14-9-13-5-1-3-7-17(13)28(11-14)33(30,31)19-12-32-18-8-4-2-6-15(18)19/h1-8,10,12,14,20H,9,11,23H2,(H3,24,25,26,27). The Morgan fingerprint density at radius 1 is 1.12 bits per heavy atom. The highest BCUT2D eigenvalue weighted by molar-refractivity contribution is 7.93. The molecule has 2 aliphatic heterocycles. The van der Waals surface area contributed by atoms with E-state index in [0.717, 1.165) is 21.2 Å². The molecular formula is C22H21N7O2S2. The molecule has 2 aliphatic rings. The normalized spacial score (nSPS) is 20.5. The summed E-state index contributed by atoms with van der Waals surface area (Å²) in [5, 5.41) is 9.26. The molecule has 0 aliphatic carbocycles. The molecule has 33 heavy (non-hydrogen) atoms. The lowest BCUT2D eigenvalue weighted by Gasteiger charge is -2.44. The topological polar surface area (TPSA) is 134 Å². The van der Waals surface area contributed by atoms with Gasteiger partial charge in [-0.05, 0) is 24.1 Å². The average Bonchev–Trinajstić information content (AvgIpc) is 3.46. The maximum atomic E-state index is 14.0. The van der Waals surface area contributed by atoms with E-state index < -0.39 is 16.2 Å². The first kappa shape index (κ1) is 20.2. The van der Waals surface area contributed by atoms with Crippen molar-refractivity contribution < 1.29 is 8.42 Å². The predicted octanol–water partition coefficient (Wildman–Crippen LogP) is 2.66. The zero-order chi connectivity index (χ0) is 22.7. The number of rotatable bonds is 3. The number of H-pyrrole nitrogens is 1.